The third kappa shape index (κ3) is 8.62. The Morgan fingerprint density at radius 2 is 1.70 bits per heavy atom. The van der Waals surface area contributed by atoms with Gasteiger partial charge in [0.15, 0.2) is 11.5 Å². The minimum absolute atomic E-state index is 0.000897. The van der Waals surface area contributed by atoms with Gasteiger partial charge in [0, 0.05) is 12.6 Å². The molecule has 218 valence electrons. The SMILES string of the molecule is CCNC(=O)c1noc(-c2cc(Cl)c(O)cc2O)c1-c1ccc(OCC(C)(C)CC(C)(C)CC)cc1.O=CNO. The number of benzene rings is 2. The highest BCUT2D eigenvalue weighted by molar-refractivity contribution is 6.32. The van der Waals surface area contributed by atoms with Gasteiger partial charge in [-0.2, -0.15) is 0 Å². The molecule has 2 aromatic carbocycles. The van der Waals surface area contributed by atoms with E-state index in [2.05, 4.69) is 45.1 Å². The number of carbonyl (C=O) groups excluding carboxylic acids is 2. The fourth-order valence-corrected chi connectivity index (χ4v) is 4.51. The number of aromatic nitrogens is 1. The fourth-order valence-electron chi connectivity index (χ4n) is 4.34. The van der Waals surface area contributed by atoms with Crippen molar-refractivity contribution in [2.75, 3.05) is 13.2 Å². The van der Waals surface area contributed by atoms with Crippen LogP contribution in [0.5, 0.6) is 17.2 Å². The van der Waals surface area contributed by atoms with Crippen molar-refractivity contribution < 1.29 is 34.3 Å². The first-order valence-electron chi connectivity index (χ1n) is 12.8. The average Bonchev–Trinajstić information content (AvgIpc) is 3.34. The zero-order valence-corrected chi connectivity index (χ0v) is 24.4. The molecule has 11 heteroatoms. The van der Waals surface area contributed by atoms with Gasteiger partial charge in [0.1, 0.15) is 17.2 Å². The Labute approximate surface area is 239 Å². The second kappa shape index (κ2) is 14.0. The number of halogens is 1. The average molecular weight is 576 g/mol. The van der Waals surface area contributed by atoms with Crippen LogP contribution in [0.25, 0.3) is 22.5 Å². The van der Waals surface area contributed by atoms with Gasteiger partial charge >= 0.3 is 0 Å². The van der Waals surface area contributed by atoms with Crippen LogP contribution in [0.15, 0.2) is 40.9 Å². The summed E-state index contributed by atoms with van der Waals surface area (Å²) in [5.74, 6) is -0.0717. The minimum Gasteiger partial charge on any atom is -0.507 e. The van der Waals surface area contributed by atoms with Crippen LogP contribution in [0.2, 0.25) is 5.02 Å². The molecule has 3 rings (SSSR count). The number of hydrogen-bond acceptors (Lipinski definition) is 8. The highest BCUT2D eigenvalue weighted by Crippen LogP contribution is 2.43. The van der Waals surface area contributed by atoms with Crippen LogP contribution >= 0.6 is 11.6 Å². The summed E-state index contributed by atoms with van der Waals surface area (Å²) in [5.41, 5.74) is 2.81. The van der Waals surface area contributed by atoms with E-state index >= 15 is 0 Å². The van der Waals surface area contributed by atoms with E-state index in [-0.39, 0.29) is 50.8 Å². The van der Waals surface area contributed by atoms with Crippen LogP contribution in [0.3, 0.4) is 0 Å². The first-order chi connectivity index (χ1) is 18.8. The molecule has 0 aliphatic heterocycles. The highest BCUT2D eigenvalue weighted by Gasteiger charge is 2.29. The number of nitrogens with zero attached hydrogens (tertiary/aromatic N) is 1. The van der Waals surface area contributed by atoms with E-state index in [1.54, 1.807) is 6.92 Å². The molecule has 10 nitrogen and oxygen atoms in total. The molecule has 0 spiro atoms. The maximum atomic E-state index is 12.7. The molecule has 1 aromatic heterocycles. The molecule has 0 atom stereocenters. The summed E-state index contributed by atoms with van der Waals surface area (Å²) in [5, 5.41) is 34.3. The number of nitrogens with one attached hydrogen (secondary N) is 2. The summed E-state index contributed by atoms with van der Waals surface area (Å²) in [6.07, 6.45) is 2.31. The van der Waals surface area contributed by atoms with E-state index in [4.69, 9.17) is 30.9 Å². The lowest BCUT2D eigenvalue weighted by atomic mass is 9.74. The highest BCUT2D eigenvalue weighted by atomic mass is 35.5. The summed E-state index contributed by atoms with van der Waals surface area (Å²) in [4.78, 5) is 21.5. The monoisotopic (exact) mass is 575 g/mol. The molecule has 40 heavy (non-hydrogen) atoms. The minimum atomic E-state index is -0.410. The molecule has 0 aliphatic carbocycles. The zero-order valence-electron chi connectivity index (χ0n) is 23.7. The summed E-state index contributed by atoms with van der Waals surface area (Å²) in [7, 11) is 0. The summed E-state index contributed by atoms with van der Waals surface area (Å²) < 4.78 is 11.6. The molecule has 0 saturated heterocycles. The normalized spacial score (nSPS) is 11.3. The Morgan fingerprint density at radius 3 is 2.25 bits per heavy atom. The number of amides is 2. The topological polar surface area (TPSA) is 154 Å². The van der Waals surface area contributed by atoms with Crippen molar-refractivity contribution in [3.63, 3.8) is 0 Å². The molecule has 0 bridgehead atoms. The first-order valence-corrected chi connectivity index (χ1v) is 13.2. The van der Waals surface area contributed by atoms with Crippen molar-refractivity contribution in [3.8, 4) is 39.7 Å². The van der Waals surface area contributed by atoms with Gasteiger partial charge in [0.05, 0.1) is 22.8 Å². The Bertz CT molecular complexity index is 1290. The fraction of sp³-hybridized carbons (Fsp3) is 0.414. The lowest BCUT2D eigenvalue weighted by molar-refractivity contribution is -0.116. The van der Waals surface area contributed by atoms with Gasteiger partial charge in [-0.05, 0) is 47.9 Å². The van der Waals surface area contributed by atoms with Crippen molar-refractivity contribution in [2.24, 2.45) is 10.8 Å². The largest absolute Gasteiger partial charge is 0.507 e. The van der Waals surface area contributed by atoms with Gasteiger partial charge in [-0.15, -0.1) is 0 Å². The predicted molar refractivity (Wildman–Crippen MR) is 153 cm³/mol. The van der Waals surface area contributed by atoms with Gasteiger partial charge in [0.25, 0.3) is 5.91 Å². The summed E-state index contributed by atoms with van der Waals surface area (Å²) >= 11 is 6.08. The van der Waals surface area contributed by atoms with E-state index in [9.17, 15) is 15.0 Å². The predicted octanol–water partition coefficient (Wildman–Crippen LogP) is 6.18. The molecular weight excluding hydrogens is 538 g/mol. The second-order valence-corrected chi connectivity index (χ2v) is 11.2. The Kier molecular flexibility index (Phi) is 11.4. The van der Waals surface area contributed by atoms with Crippen molar-refractivity contribution in [3.05, 3.63) is 47.1 Å². The van der Waals surface area contributed by atoms with Crippen LogP contribution in [0, 0.1) is 10.8 Å². The number of phenols is 2. The van der Waals surface area contributed by atoms with Gasteiger partial charge in [0.2, 0.25) is 6.41 Å². The lowest BCUT2D eigenvalue weighted by Gasteiger charge is -2.34. The molecule has 2 amide bonds. The Morgan fingerprint density at radius 1 is 1.07 bits per heavy atom. The number of carbonyl (C=O) groups is 2. The molecule has 1 heterocycles. The van der Waals surface area contributed by atoms with Crippen LogP contribution in [0.4, 0.5) is 0 Å². The van der Waals surface area contributed by atoms with Crippen LogP contribution in [-0.4, -0.2) is 46.0 Å². The molecular formula is C29H38ClN3O7. The summed E-state index contributed by atoms with van der Waals surface area (Å²) in [6, 6.07) is 9.78. The van der Waals surface area contributed by atoms with E-state index < -0.39 is 5.91 Å². The lowest BCUT2D eigenvalue weighted by Crippen LogP contribution is -2.28. The number of aromatic hydroxyl groups is 2. The Hall–Kier alpha value is -3.76. The molecule has 0 saturated carbocycles. The van der Waals surface area contributed by atoms with E-state index in [0.717, 1.165) is 18.9 Å². The molecule has 0 unspecified atom stereocenters. The van der Waals surface area contributed by atoms with E-state index in [0.29, 0.717) is 30.0 Å². The molecule has 0 radical (unpaired) electrons. The Balaban J connectivity index is 0.00000131. The van der Waals surface area contributed by atoms with Gasteiger partial charge < -0.3 is 24.8 Å². The van der Waals surface area contributed by atoms with E-state index in [1.165, 1.54) is 11.5 Å². The molecule has 3 aromatic rings. The molecule has 0 aliphatic rings. The van der Waals surface area contributed by atoms with Crippen molar-refractivity contribution in [1.29, 1.82) is 0 Å². The third-order valence-corrected chi connectivity index (χ3v) is 6.60. The van der Waals surface area contributed by atoms with Crippen LogP contribution < -0.4 is 15.5 Å². The smallest absolute Gasteiger partial charge is 0.274 e. The van der Waals surface area contributed by atoms with Gasteiger partial charge in [-0.25, -0.2) is 5.48 Å². The number of rotatable bonds is 11. The van der Waals surface area contributed by atoms with Gasteiger partial charge in [-0.3, -0.25) is 14.8 Å². The van der Waals surface area contributed by atoms with E-state index in [1.807, 2.05) is 24.3 Å². The van der Waals surface area contributed by atoms with Crippen LogP contribution in [0.1, 0.15) is 64.9 Å². The van der Waals surface area contributed by atoms with Crippen molar-refractivity contribution >= 4 is 23.9 Å². The van der Waals surface area contributed by atoms with Crippen molar-refractivity contribution in [1.82, 2.24) is 16.0 Å². The number of ether oxygens (including phenoxy) is 1. The summed E-state index contributed by atoms with van der Waals surface area (Å²) in [6.45, 7) is 13.9. The molecule has 0 fully saturated rings. The second-order valence-electron chi connectivity index (χ2n) is 10.8. The zero-order chi connectivity index (χ0) is 30.1. The number of hydrogen-bond donors (Lipinski definition) is 5. The maximum Gasteiger partial charge on any atom is 0.274 e. The van der Waals surface area contributed by atoms with Gasteiger partial charge in [-0.1, -0.05) is 69.9 Å². The number of hydroxylamine groups is 1. The van der Waals surface area contributed by atoms with Crippen molar-refractivity contribution in [2.45, 2.75) is 54.4 Å². The quantitative estimate of drug-likeness (QED) is 0.103. The first kappa shape index (κ1) is 32.5. The number of phenolic OH excluding ortho intramolecular Hbond substituents is 2. The van der Waals surface area contributed by atoms with Crippen LogP contribution in [-0.2, 0) is 4.79 Å². The third-order valence-electron chi connectivity index (χ3n) is 6.29. The molecule has 5 N–H and O–H groups in total. The maximum absolute atomic E-state index is 12.7. The standard InChI is InChI=1S/C28H35ClN2O5.CH3NO2/c1-7-27(3,4)15-28(5,6)16-35-18-11-9-17(10-12-18)23-24(26(34)30-8-2)31-36-25(23)19-13-20(29)22(33)14-21(19)32;3-1-2-4/h9-14,32-33H,7-8,15-16H2,1-6H3,(H,30,34);1,4H,(H,2,3).